The summed E-state index contributed by atoms with van der Waals surface area (Å²) in [6.45, 7) is 0. The van der Waals surface area contributed by atoms with Gasteiger partial charge in [0.25, 0.3) is 0 Å². The van der Waals surface area contributed by atoms with E-state index in [0.29, 0.717) is 5.69 Å². The smallest absolute Gasteiger partial charge is 0.306 e. The quantitative estimate of drug-likeness (QED) is 0.764. The average Bonchev–Trinajstić information content (AvgIpc) is 2.31. The highest BCUT2D eigenvalue weighted by atomic mass is 16.5. The highest BCUT2D eigenvalue weighted by molar-refractivity contribution is 5.92. The molecule has 1 heterocycles. The van der Waals surface area contributed by atoms with Gasteiger partial charge in [0.1, 0.15) is 0 Å². The molecule has 0 spiro atoms. The van der Waals surface area contributed by atoms with E-state index < -0.39 is 5.97 Å². The van der Waals surface area contributed by atoms with Crippen molar-refractivity contribution in [1.82, 2.24) is 4.57 Å². The SMILES string of the molecule is COC(=O)CCC(=O)Nc1ccc(=O)n(C)c1. The van der Waals surface area contributed by atoms with Crippen LogP contribution in [0.3, 0.4) is 0 Å². The van der Waals surface area contributed by atoms with Gasteiger partial charge in [-0.1, -0.05) is 0 Å². The maximum Gasteiger partial charge on any atom is 0.306 e. The number of aryl methyl sites for hydroxylation is 1. The van der Waals surface area contributed by atoms with Crippen LogP contribution in [-0.4, -0.2) is 23.6 Å². The van der Waals surface area contributed by atoms with Gasteiger partial charge in [-0.05, 0) is 6.07 Å². The number of esters is 1. The topological polar surface area (TPSA) is 77.4 Å². The first kappa shape index (κ1) is 13.0. The number of amides is 1. The molecule has 0 fully saturated rings. The second-order valence-corrected chi connectivity index (χ2v) is 3.49. The number of hydrogen-bond donors (Lipinski definition) is 1. The van der Waals surface area contributed by atoms with Crippen LogP contribution < -0.4 is 10.9 Å². The minimum absolute atomic E-state index is 0.0358. The van der Waals surface area contributed by atoms with Crippen molar-refractivity contribution in [3.8, 4) is 0 Å². The molecule has 0 aromatic carbocycles. The Morgan fingerprint density at radius 3 is 2.65 bits per heavy atom. The molecule has 1 aromatic rings. The van der Waals surface area contributed by atoms with Crippen LogP contribution in [0, 0.1) is 0 Å². The number of hydrogen-bond acceptors (Lipinski definition) is 4. The van der Waals surface area contributed by atoms with E-state index in [9.17, 15) is 14.4 Å². The second-order valence-electron chi connectivity index (χ2n) is 3.49. The lowest BCUT2D eigenvalue weighted by atomic mass is 10.3. The van der Waals surface area contributed by atoms with Gasteiger partial charge in [0.15, 0.2) is 0 Å². The van der Waals surface area contributed by atoms with Crippen molar-refractivity contribution in [2.24, 2.45) is 7.05 Å². The fourth-order valence-electron chi connectivity index (χ4n) is 1.21. The molecule has 0 aliphatic rings. The Balaban J connectivity index is 2.53. The molecular weight excluding hydrogens is 224 g/mol. The summed E-state index contributed by atoms with van der Waals surface area (Å²) in [5.74, 6) is -0.727. The van der Waals surface area contributed by atoms with Gasteiger partial charge in [-0.15, -0.1) is 0 Å². The van der Waals surface area contributed by atoms with Crippen LogP contribution in [0.25, 0.3) is 0 Å². The van der Waals surface area contributed by atoms with Crippen molar-refractivity contribution in [3.63, 3.8) is 0 Å². The van der Waals surface area contributed by atoms with Crippen molar-refractivity contribution in [3.05, 3.63) is 28.7 Å². The molecule has 6 heteroatoms. The van der Waals surface area contributed by atoms with Crippen LogP contribution in [0.4, 0.5) is 5.69 Å². The molecule has 0 aliphatic carbocycles. The Labute approximate surface area is 98.2 Å². The molecule has 0 saturated heterocycles. The van der Waals surface area contributed by atoms with Gasteiger partial charge in [0.05, 0.1) is 19.2 Å². The fraction of sp³-hybridized carbons (Fsp3) is 0.364. The highest BCUT2D eigenvalue weighted by Crippen LogP contribution is 2.04. The Hall–Kier alpha value is -2.11. The van der Waals surface area contributed by atoms with E-state index in [0.717, 1.165) is 0 Å². The molecule has 1 aromatic heterocycles. The summed E-state index contributed by atoms with van der Waals surface area (Å²) in [7, 11) is 2.86. The standard InChI is InChI=1S/C11H14N2O4/c1-13-7-8(3-5-10(13)15)12-9(14)4-6-11(16)17-2/h3,5,7H,4,6H2,1-2H3,(H,12,14). The van der Waals surface area contributed by atoms with Gasteiger partial charge in [-0.2, -0.15) is 0 Å². The minimum Gasteiger partial charge on any atom is -0.469 e. The van der Waals surface area contributed by atoms with Crippen molar-refractivity contribution in [2.75, 3.05) is 12.4 Å². The maximum absolute atomic E-state index is 11.4. The lowest BCUT2D eigenvalue weighted by molar-refractivity contribution is -0.141. The largest absolute Gasteiger partial charge is 0.469 e. The van der Waals surface area contributed by atoms with Gasteiger partial charge >= 0.3 is 5.97 Å². The third kappa shape index (κ3) is 4.10. The third-order valence-corrected chi connectivity index (χ3v) is 2.15. The predicted molar refractivity (Wildman–Crippen MR) is 61.6 cm³/mol. The summed E-state index contributed by atoms with van der Waals surface area (Å²) in [5, 5.41) is 2.58. The zero-order valence-corrected chi connectivity index (χ0v) is 9.73. The van der Waals surface area contributed by atoms with Crippen LogP contribution in [-0.2, 0) is 21.4 Å². The van der Waals surface area contributed by atoms with Crippen LogP contribution in [0.1, 0.15) is 12.8 Å². The van der Waals surface area contributed by atoms with Crippen LogP contribution in [0.5, 0.6) is 0 Å². The molecular formula is C11H14N2O4. The van der Waals surface area contributed by atoms with E-state index in [1.165, 1.54) is 30.0 Å². The molecule has 0 aliphatic heterocycles. The Kier molecular flexibility index (Phi) is 4.45. The number of nitrogens with one attached hydrogen (secondary N) is 1. The predicted octanol–water partition coefficient (Wildman–Crippen LogP) is 0.277. The van der Waals surface area contributed by atoms with E-state index in [2.05, 4.69) is 10.1 Å². The lowest BCUT2D eigenvalue weighted by Gasteiger charge is -2.05. The van der Waals surface area contributed by atoms with E-state index >= 15 is 0 Å². The molecule has 0 atom stereocenters. The minimum atomic E-state index is -0.430. The van der Waals surface area contributed by atoms with Crippen LogP contribution in [0.2, 0.25) is 0 Å². The number of ether oxygens (including phenoxy) is 1. The zero-order valence-electron chi connectivity index (χ0n) is 9.73. The molecule has 0 radical (unpaired) electrons. The van der Waals surface area contributed by atoms with Gasteiger partial charge < -0.3 is 14.6 Å². The normalized spacial score (nSPS) is 9.76. The van der Waals surface area contributed by atoms with Crippen molar-refractivity contribution in [2.45, 2.75) is 12.8 Å². The van der Waals surface area contributed by atoms with Gasteiger partial charge in [0, 0.05) is 25.7 Å². The Bertz CT molecular complexity index is 479. The van der Waals surface area contributed by atoms with Crippen molar-refractivity contribution < 1.29 is 14.3 Å². The van der Waals surface area contributed by atoms with Crippen LogP contribution >= 0.6 is 0 Å². The maximum atomic E-state index is 11.4. The van der Waals surface area contributed by atoms with Gasteiger partial charge in [0.2, 0.25) is 11.5 Å². The molecule has 17 heavy (non-hydrogen) atoms. The van der Waals surface area contributed by atoms with Crippen molar-refractivity contribution in [1.29, 1.82) is 0 Å². The summed E-state index contributed by atoms with van der Waals surface area (Å²) in [6, 6.07) is 2.87. The van der Waals surface area contributed by atoms with Crippen LogP contribution in [0.15, 0.2) is 23.1 Å². The molecule has 0 unspecified atom stereocenters. The Morgan fingerprint density at radius 1 is 1.35 bits per heavy atom. The number of anilines is 1. The molecule has 1 rings (SSSR count). The average molecular weight is 238 g/mol. The van der Waals surface area contributed by atoms with E-state index in [-0.39, 0.29) is 24.3 Å². The van der Waals surface area contributed by atoms with E-state index in [4.69, 9.17) is 0 Å². The molecule has 0 bridgehead atoms. The van der Waals surface area contributed by atoms with Gasteiger partial charge in [-0.3, -0.25) is 14.4 Å². The second kappa shape index (κ2) is 5.83. The molecule has 1 N–H and O–H groups in total. The van der Waals surface area contributed by atoms with Crippen molar-refractivity contribution >= 4 is 17.6 Å². The molecule has 0 saturated carbocycles. The first-order valence-electron chi connectivity index (χ1n) is 5.06. The number of carbonyl (C=O) groups excluding carboxylic acids is 2. The summed E-state index contributed by atoms with van der Waals surface area (Å²) in [6.07, 6.45) is 1.60. The molecule has 92 valence electrons. The zero-order chi connectivity index (χ0) is 12.8. The highest BCUT2D eigenvalue weighted by Gasteiger charge is 2.07. The fourth-order valence-corrected chi connectivity index (χ4v) is 1.21. The first-order valence-corrected chi connectivity index (χ1v) is 5.06. The lowest BCUT2D eigenvalue weighted by Crippen LogP contribution is -2.18. The number of pyridine rings is 1. The van der Waals surface area contributed by atoms with Gasteiger partial charge in [-0.25, -0.2) is 0 Å². The van der Waals surface area contributed by atoms with E-state index in [1.807, 2.05) is 0 Å². The summed E-state index contributed by atoms with van der Waals surface area (Å²) < 4.78 is 5.78. The Morgan fingerprint density at radius 2 is 2.06 bits per heavy atom. The number of methoxy groups -OCH3 is 1. The monoisotopic (exact) mass is 238 g/mol. The number of carbonyl (C=O) groups is 2. The summed E-state index contributed by atoms with van der Waals surface area (Å²) in [4.78, 5) is 33.3. The first-order chi connectivity index (χ1) is 8.02. The molecule has 1 amide bonds. The number of aromatic nitrogens is 1. The summed E-state index contributed by atoms with van der Waals surface area (Å²) in [5.41, 5.74) is 0.361. The number of rotatable bonds is 4. The molecule has 6 nitrogen and oxygen atoms in total. The third-order valence-electron chi connectivity index (χ3n) is 2.15. The summed E-state index contributed by atoms with van der Waals surface area (Å²) >= 11 is 0. The number of nitrogens with zero attached hydrogens (tertiary/aromatic N) is 1. The van der Waals surface area contributed by atoms with E-state index in [1.54, 1.807) is 7.05 Å².